The van der Waals surface area contributed by atoms with Crippen LogP contribution in [0.1, 0.15) is 6.92 Å². The van der Waals surface area contributed by atoms with Gasteiger partial charge in [0.2, 0.25) is 3.79 Å². The average Bonchev–Trinajstić information content (AvgIpc) is 1.62. The number of alkyl halides is 3. The Balaban J connectivity index is 4.11. The van der Waals surface area contributed by atoms with Crippen LogP contribution in [0, 0.1) is 0 Å². The maximum Gasteiger partial charge on any atom is 0.209 e. The fraction of sp³-hybridized carbons (Fsp3) is 0.400. The molecule has 0 aromatic rings. The van der Waals surface area contributed by atoms with Crippen LogP contribution >= 0.6 is 34.8 Å². The first-order valence-corrected chi connectivity index (χ1v) is 3.30. The van der Waals surface area contributed by atoms with Crippen LogP contribution < -0.4 is 0 Å². The molecular weight excluding hydrogens is 182 g/mol. The summed E-state index contributed by atoms with van der Waals surface area (Å²) in [5.41, 5.74) is 0.412. The molecule has 1 nitrogen and oxygen atoms in total. The van der Waals surface area contributed by atoms with E-state index in [1.807, 2.05) is 0 Å². The lowest BCUT2D eigenvalue weighted by atomic mass is 10.3. The van der Waals surface area contributed by atoms with E-state index in [0.717, 1.165) is 0 Å². The molecule has 0 aromatic carbocycles. The van der Waals surface area contributed by atoms with Gasteiger partial charge in [-0.15, -0.1) is 0 Å². The molecule has 0 saturated carbocycles. The van der Waals surface area contributed by atoms with Crippen molar-refractivity contribution in [3.63, 3.8) is 0 Å². The maximum absolute atomic E-state index is 9.94. The van der Waals surface area contributed by atoms with Crippen molar-refractivity contribution < 1.29 is 4.79 Å². The number of aldehydes is 1. The van der Waals surface area contributed by atoms with E-state index in [4.69, 9.17) is 34.8 Å². The van der Waals surface area contributed by atoms with Crippen LogP contribution in [0.15, 0.2) is 11.6 Å². The quantitative estimate of drug-likeness (QED) is 0.350. The van der Waals surface area contributed by atoms with Gasteiger partial charge in [0.05, 0.1) is 0 Å². The molecule has 0 aliphatic carbocycles. The summed E-state index contributed by atoms with van der Waals surface area (Å²) in [7, 11) is 0. The highest BCUT2D eigenvalue weighted by molar-refractivity contribution is 6.69. The normalized spacial score (nSPS) is 13.6. The van der Waals surface area contributed by atoms with E-state index < -0.39 is 3.79 Å². The molecule has 0 aromatic heterocycles. The summed E-state index contributed by atoms with van der Waals surface area (Å²) in [4.78, 5) is 9.94. The van der Waals surface area contributed by atoms with E-state index in [-0.39, 0.29) is 0 Å². The SMILES string of the molecule is C/C(C=O)=C/C(Cl)(Cl)Cl. The molecule has 0 radical (unpaired) electrons. The van der Waals surface area contributed by atoms with Gasteiger partial charge in [0.1, 0.15) is 6.29 Å². The van der Waals surface area contributed by atoms with Gasteiger partial charge in [0.25, 0.3) is 0 Å². The van der Waals surface area contributed by atoms with Gasteiger partial charge < -0.3 is 0 Å². The van der Waals surface area contributed by atoms with Crippen LogP contribution in [0.4, 0.5) is 0 Å². The van der Waals surface area contributed by atoms with Crippen LogP contribution in [0.5, 0.6) is 0 Å². The molecule has 9 heavy (non-hydrogen) atoms. The zero-order chi connectivity index (χ0) is 7.49. The van der Waals surface area contributed by atoms with E-state index in [1.54, 1.807) is 6.92 Å². The van der Waals surface area contributed by atoms with Gasteiger partial charge in [-0.25, -0.2) is 0 Å². The molecule has 4 heteroatoms. The van der Waals surface area contributed by atoms with E-state index >= 15 is 0 Å². The highest BCUT2D eigenvalue weighted by Gasteiger charge is 2.14. The molecule has 0 aliphatic heterocycles. The lowest BCUT2D eigenvalue weighted by Gasteiger charge is -2.02. The largest absolute Gasteiger partial charge is 0.298 e. The fourth-order valence-corrected chi connectivity index (χ4v) is 0.808. The summed E-state index contributed by atoms with van der Waals surface area (Å²) in [5, 5.41) is 0. The predicted octanol–water partition coefficient (Wildman–Crippen LogP) is 2.50. The van der Waals surface area contributed by atoms with Crippen LogP contribution in [-0.4, -0.2) is 10.1 Å². The van der Waals surface area contributed by atoms with Crippen molar-refractivity contribution in [1.29, 1.82) is 0 Å². The minimum absolute atomic E-state index is 0.412. The zero-order valence-corrected chi connectivity index (χ0v) is 6.96. The van der Waals surface area contributed by atoms with Crippen LogP contribution in [-0.2, 0) is 4.79 Å². The number of rotatable bonds is 1. The molecule has 0 spiro atoms. The van der Waals surface area contributed by atoms with Gasteiger partial charge in [-0.3, -0.25) is 4.79 Å². The van der Waals surface area contributed by atoms with Crippen molar-refractivity contribution >= 4 is 41.1 Å². The van der Waals surface area contributed by atoms with Crippen LogP contribution in [0.2, 0.25) is 0 Å². The van der Waals surface area contributed by atoms with Crippen molar-refractivity contribution in [1.82, 2.24) is 0 Å². The third kappa shape index (κ3) is 6.16. The molecule has 52 valence electrons. The number of hydrogen-bond donors (Lipinski definition) is 0. The predicted molar refractivity (Wildman–Crippen MR) is 40.1 cm³/mol. The number of carbonyl (C=O) groups is 1. The van der Waals surface area contributed by atoms with Gasteiger partial charge in [0.15, 0.2) is 0 Å². The molecule has 0 aliphatic rings. The van der Waals surface area contributed by atoms with Crippen molar-refractivity contribution in [3.8, 4) is 0 Å². The second kappa shape index (κ2) is 3.45. The molecule has 0 saturated heterocycles. The monoisotopic (exact) mass is 186 g/mol. The Morgan fingerprint density at radius 1 is 1.44 bits per heavy atom. The highest BCUT2D eigenvalue weighted by Crippen LogP contribution is 2.28. The molecule has 0 unspecified atom stereocenters. The lowest BCUT2D eigenvalue weighted by Crippen LogP contribution is -1.96. The summed E-state index contributed by atoms with van der Waals surface area (Å²) >= 11 is 15.9. The molecular formula is C5H5Cl3O. The summed E-state index contributed by atoms with van der Waals surface area (Å²) in [6, 6.07) is 0. The topological polar surface area (TPSA) is 17.1 Å². The van der Waals surface area contributed by atoms with E-state index in [1.165, 1.54) is 6.08 Å². The summed E-state index contributed by atoms with van der Waals surface area (Å²) < 4.78 is -1.45. The van der Waals surface area contributed by atoms with E-state index in [2.05, 4.69) is 0 Å². The Bertz CT molecular complexity index is 134. The van der Waals surface area contributed by atoms with Gasteiger partial charge >= 0.3 is 0 Å². The third-order valence-electron chi connectivity index (χ3n) is 0.577. The molecule has 0 rings (SSSR count). The van der Waals surface area contributed by atoms with E-state index in [9.17, 15) is 4.79 Å². The summed E-state index contributed by atoms with van der Waals surface area (Å²) in [6.45, 7) is 1.56. The van der Waals surface area contributed by atoms with Crippen LogP contribution in [0.3, 0.4) is 0 Å². The standard InChI is InChI=1S/C5H5Cl3O/c1-4(3-9)2-5(6,7)8/h2-3H,1H3/b4-2-. The molecule has 0 atom stereocenters. The first kappa shape index (κ1) is 9.28. The average molecular weight is 187 g/mol. The molecule has 0 heterocycles. The van der Waals surface area contributed by atoms with Gasteiger partial charge in [-0.1, -0.05) is 34.8 Å². The minimum atomic E-state index is -1.45. The number of halogens is 3. The fourth-order valence-electron chi connectivity index (χ4n) is 0.292. The van der Waals surface area contributed by atoms with Crippen molar-refractivity contribution in [2.75, 3.05) is 0 Å². The van der Waals surface area contributed by atoms with Crippen molar-refractivity contribution in [2.45, 2.75) is 10.7 Å². The molecule has 0 N–H and O–H groups in total. The second-order valence-electron chi connectivity index (χ2n) is 1.55. The third-order valence-corrected chi connectivity index (χ3v) is 0.905. The number of allylic oxidation sites excluding steroid dienone is 2. The highest BCUT2D eigenvalue weighted by atomic mass is 35.6. The number of hydrogen-bond acceptors (Lipinski definition) is 1. The van der Waals surface area contributed by atoms with Crippen LogP contribution in [0.25, 0.3) is 0 Å². The van der Waals surface area contributed by atoms with Gasteiger partial charge in [-0.05, 0) is 18.6 Å². The smallest absolute Gasteiger partial charge is 0.209 e. The second-order valence-corrected chi connectivity index (χ2v) is 3.92. The van der Waals surface area contributed by atoms with E-state index in [0.29, 0.717) is 11.9 Å². The lowest BCUT2D eigenvalue weighted by molar-refractivity contribution is -0.104. The van der Waals surface area contributed by atoms with Gasteiger partial charge in [-0.2, -0.15) is 0 Å². The van der Waals surface area contributed by atoms with Gasteiger partial charge in [0, 0.05) is 0 Å². The molecule has 0 amide bonds. The number of carbonyl (C=O) groups excluding carboxylic acids is 1. The van der Waals surface area contributed by atoms with Crippen molar-refractivity contribution in [3.05, 3.63) is 11.6 Å². The zero-order valence-electron chi connectivity index (χ0n) is 4.70. The minimum Gasteiger partial charge on any atom is -0.298 e. The molecule has 0 bridgehead atoms. The Labute approximate surface area is 68.6 Å². The maximum atomic E-state index is 9.94. The molecule has 0 fully saturated rings. The first-order chi connectivity index (χ1) is 3.95. The first-order valence-electron chi connectivity index (χ1n) is 2.17. The summed E-state index contributed by atoms with van der Waals surface area (Å²) in [5.74, 6) is 0. The van der Waals surface area contributed by atoms with Crippen molar-refractivity contribution in [2.24, 2.45) is 0 Å². The Kier molecular flexibility index (Phi) is 3.56. The Morgan fingerprint density at radius 2 is 1.89 bits per heavy atom. The Hall–Kier alpha value is 0.280. The Morgan fingerprint density at radius 3 is 2.00 bits per heavy atom. The summed E-state index contributed by atoms with van der Waals surface area (Å²) in [6.07, 6.45) is 1.88.